The van der Waals surface area contributed by atoms with Gasteiger partial charge in [-0.05, 0) is 44.0 Å². The highest BCUT2D eigenvalue weighted by Gasteiger charge is 2.41. The molecule has 2 fully saturated rings. The van der Waals surface area contributed by atoms with Gasteiger partial charge in [-0.1, -0.05) is 0 Å². The second-order valence-electron chi connectivity index (χ2n) is 8.75. The zero-order chi connectivity index (χ0) is 23.6. The summed E-state index contributed by atoms with van der Waals surface area (Å²) in [6.07, 6.45) is 3.11. The normalized spacial score (nSPS) is 23.1. The number of H-pyrrole nitrogens is 1. The second-order valence-corrected chi connectivity index (χ2v) is 8.75. The number of hydrogen-bond acceptors (Lipinski definition) is 6. The van der Waals surface area contributed by atoms with Crippen LogP contribution in [-0.4, -0.2) is 74.7 Å². The second kappa shape index (κ2) is 9.22. The fourth-order valence-electron chi connectivity index (χ4n) is 4.36. The zero-order valence-electron chi connectivity index (χ0n) is 18.5. The monoisotopic (exact) mass is 456 g/mol. The van der Waals surface area contributed by atoms with Crippen LogP contribution in [0.15, 0.2) is 46.1 Å². The number of benzene rings is 1. The minimum absolute atomic E-state index is 0.125. The van der Waals surface area contributed by atoms with Gasteiger partial charge in [-0.25, -0.2) is 4.79 Å². The molecule has 4 rings (SSSR count). The predicted octanol–water partition coefficient (Wildman–Crippen LogP) is 0.376. The first-order valence-corrected chi connectivity index (χ1v) is 11.1. The van der Waals surface area contributed by atoms with Crippen LogP contribution >= 0.6 is 0 Å². The lowest BCUT2D eigenvalue weighted by molar-refractivity contribution is -0.128. The number of carbonyl (C=O) groups excluding carboxylic acids is 2. The average Bonchev–Trinajstić information content (AvgIpc) is 3.19. The van der Waals surface area contributed by atoms with E-state index in [1.165, 1.54) is 16.8 Å². The lowest BCUT2D eigenvalue weighted by Gasteiger charge is -2.43. The predicted molar refractivity (Wildman–Crippen MR) is 119 cm³/mol. The van der Waals surface area contributed by atoms with Crippen molar-refractivity contribution in [3.63, 3.8) is 0 Å². The molecule has 0 saturated carbocycles. The van der Waals surface area contributed by atoms with E-state index in [4.69, 9.17) is 4.74 Å². The summed E-state index contributed by atoms with van der Waals surface area (Å²) in [4.78, 5) is 54.0. The molecule has 176 valence electrons. The van der Waals surface area contributed by atoms with Gasteiger partial charge in [-0.3, -0.25) is 23.9 Å². The van der Waals surface area contributed by atoms with Crippen LogP contribution in [0, 0.1) is 0 Å². The van der Waals surface area contributed by atoms with Crippen LogP contribution in [0.25, 0.3) is 0 Å². The largest absolute Gasteiger partial charge is 0.492 e. The van der Waals surface area contributed by atoms with Crippen LogP contribution in [0.4, 0.5) is 0 Å². The van der Waals surface area contributed by atoms with Gasteiger partial charge >= 0.3 is 5.69 Å². The Morgan fingerprint density at radius 2 is 1.94 bits per heavy atom. The summed E-state index contributed by atoms with van der Waals surface area (Å²) in [6, 6.07) is 7.29. The third kappa shape index (κ3) is 5.00. The highest BCUT2D eigenvalue weighted by molar-refractivity contribution is 5.94. The minimum Gasteiger partial charge on any atom is -0.492 e. The molecular formula is C23H28N4O6. The minimum atomic E-state index is -1.22. The first-order chi connectivity index (χ1) is 15.7. The van der Waals surface area contributed by atoms with Crippen molar-refractivity contribution in [2.75, 3.05) is 32.8 Å². The summed E-state index contributed by atoms with van der Waals surface area (Å²) in [5, 5.41) is 10.8. The van der Waals surface area contributed by atoms with Crippen LogP contribution in [0.3, 0.4) is 0 Å². The SMILES string of the molecule is C[C@@]1(O)CCN(C(=O)c2ccc(OCCN3CCCC3=O)cc2)C[C@H]1n1ccc(=O)[nH]c1=O. The molecule has 33 heavy (non-hydrogen) atoms. The molecule has 2 aromatic rings. The van der Waals surface area contributed by atoms with Gasteiger partial charge in [0.15, 0.2) is 0 Å². The summed E-state index contributed by atoms with van der Waals surface area (Å²) in [7, 11) is 0. The first kappa shape index (κ1) is 22.8. The van der Waals surface area contributed by atoms with Crippen molar-refractivity contribution >= 4 is 11.8 Å². The number of aromatic amines is 1. The number of ether oxygens (including phenoxy) is 1. The molecule has 10 nitrogen and oxygen atoms in total. The number of aliphatic hydroxyl groups is 1. The number of nitrogens with one attached hydrogen (secondary N) is 1. The Kier molecular flexibility index (Phi) is 6.37. The Morgan fingerprint density at radius 1 is 1.18 bits per heavy atom. The smallest absolute Gasteiger partial charge is 0.328 e. The van der Waals surface area contributed by atoms with E-state index in [1.54, 1.807) is 41.0 Å². The maximum atomic E-state index is 13.1. The molecule has 0 unspecified atom stereocenters. The summed E-state index contributed by atoms with van der Waals surface area (Å²) in [6.45, 7) is 3.78. The Morgan fingerprint density at radius 3 is 2.61 bits per heavy atom. The van der Waals surface area contributed by atoms with E-state index in [0.717, 1.165) is 13.0 Å². The third-order valence-corrected chi connectivity index (χ3v) is 6.38. The van der Waals surface area contributed by atoms with Gasteiger partial charge in [-0.15, -0.1) is 0 Å². The quantitative estimate of drug-likeness (QED) is 0.647. The molecule has 2 N–H and O–H groups in total. The molecule has 0 spiro atoms. The van der Waals surface area contributed by atoms with E-state index in [1.807, 2.05) is 0 Å². The Balaban J connectivity index is 1.40. The number of piperidine rings is 1. The average molecular weight is 456 g/mol. The highest BCUT2D eigenvalue weighted by atomic mass is 16.5. The summed E-state index contributed by atoms with van der Waals surface area (Å²) < 4.78 is 6.97. The standard InChI is InChI=1S/C23H28N4O6/c1-23(32)9-12-26(15-18(23)27-11-8-19(28)24-22(27)31)21(30)16-4-6-17(7-5-16)33-14-13-25-10-2-3-20(25)29/h4-8,11,18,32H,2-3,9-10,12-15H2,1H3,(H,24,28,31)/t18-,23-/m1/s1. The molecule has 2 amide bonds. The van der Waals surface area contributed by atoms with E-state index in [0.29, 0.717) is 37.4 Å². The third-order valence-electron chi connectivity index (χ3n) is 6.38. The lowest BCUT2D eigenvalue weighted by Crippen LogP contribution is -2.54. The van der Waals surface area contributed by atoms with Gasteiger partial charge in [0.05, 0.1) is 18.2 Å². The number of nitrogens with zero attached hydrogens (tertiary/aromatic N) is 3. The number of likely N-dealkylation sites (tertiary alicyclic amines) is 2. The fourth-order valence-corrected chi connectivity index (χ4v) is 4.36. The Bertz CT molecular complexity index is 1140. The number of carbonyl (C=O) groups is 2. The molecule has 2 aliphatic heterocycles. The van der Waals surface area contributed by atoms with Gasteiger partial charge in [0.2, 0.25) is 5.91 Å². The van der Waals surface area contributed by atoms with Crippen molar-refractivity contribution < 1.29 is 19.4 Å². The molecule has 10 heteroatoms. The number of amides is 2. The van der Waals surface area contributed by atoms with Gasteiger partial charge in [0, 0.05) is 43.9 Å². The zero-order valence-corrected chi connectivity index (χ0v) is 18.5. The molecule has 2 aliphatic rings. The van der Waals surface area contributed by atoms with Crippen molar-refractivity contribution in [2.45, 2.75) is 37.8 Å². The summed E-state index contributed by atoms with van der Waals surface area (Å²) in [5.41, 5.74) is -1.90. The number of hydrogen-bond donors (Lipinski definition) is 2. The molecule has 0 radical (unpaired) electrons. The van der Waals surface area contributed by atoms with Crippen LogP contribution in [-0.2, 0) is 4.79 Å². The number of aromatic nitrogens is 2. The van der Waals surface area contributed by atoms with Crippen molar-refractivity contribution in [1.82, 2.24) is 19.4 Å². The number of rotatable bonds is 6. The highest BCUT2D eigenvalue weighted by Crippen LogP contribution is 2.31. The van der Waals surface area contributed by atoms with Crippen molar-refractivity contribution in [3.8, 4) is 5.75 Å². The van der Waals surface area contributed by atoms with E-state index >= 15 is 0 Å². The van der Waals surface area contributed by atoms with Gasteiger partial charge in [0.25, 0.3) is 11.5 Å². The van der Waals surface area contributed by atoms with Crippen molar-refractivity contribution in [1.29, 1.82) is 0 Å². The fraction of sp³-hybridized carbons (Fsp3) is 0.478. The maximum absolute atomic E-state index is 13.1. The van der Waals surface area contributed by atoms with Crippen LogP contribution < -0.4 is 16.0 Å². The van der Waals surface area contributed by atoms with Crippen molar-refractivity contribution in [3.05, 3.63) is 62.9 Å². The first-order valence-electron chi connectivity index (χ1n) is 11.1. The summed E-state index contributed by atoms with van der Waals surface area (Å²) >= 11 is 0. The van der Waals surface area contributed by atoms with Gasteiger partial charge in [0.1, 0.15) is 12.4 Å². The molecular weight excluding hydrogens is 428 g/mol. The molecule has 3 heterocycles. The van der Waals surface area contributed by atoms with Crippen LogP contribution in [0.5, 0.6) is 5.75 Å². The van der Waals surface area contributed by atoms with Crippen LogP contribution in [0.2, 0.25) is 0 Å². The van der Waals surface area contributed by atoms with E-state index in [-0.39, 0.29) is 24.8 Å². The molecule has 2 saturated heterocycles. The Labute approximate surface area is 190 Å². The lowest BCUT2D eigenvalue weighted by atomic mass is 9.87. The van der Waals surface area contributed by atoms with Gasteiger partial charge in [-0.2, -0.15) is 0 Å². The maximum Gasteiger partial charge on any atom is 0.328 e. The molecule has 1 aromatic heterocycles. The van der Waals surface area contributed by atoms with E-state index in [2.05, 4.69) is 4.98 Å². The molecule has 2 atom stereocenters. The van der Waals surface area contributed by atoms with Gasteiger partial charge < -0.3 is 19.6 Å². The molecule has 1 aromatic carbocycles. The Hall–Kier alpha value is -3.40. The van der Waals surface area contributed by atoms with Crippen molar-refractivity contribution in [2.24, 2.45) is 0 Å². The molecule has 0 bridgehead atoms. The van der Waals surface area contributed by atoms with E-state index in [9.17, 15) is 24.3 Å². The molecule has 0 aliphatic carbocycles. The van der Waals surface area contributed by atoms with E-state index < -0.39 is 22.9 Å². The topological polar surface area (TPSA) is 125 Å². The van der Waals surface area contributed by atoms with Crippen LogP contribution in [0.1, 0.15) is 42.6 Å². The summed E-state index contributed by atoms with van der Waals surface area (Å²) in [5.74, 6) is 0.544.